The van der Waals surface area contributed by atoms with Crippen molar-refractivity contribution in [2.75, 3.05) is 33.4 Å². The molecule has 3 aromatic carbocycles. The number of benzene rings is 3. The summed E-state index contributed by atoms with van der Waals surface area (Å²) in [6, 6.07) is 27.7. The zero-order chi connectivity index (χ0) is 24.7. The molecular formula is C30H36BNO3. The van der Waals surface area contributed by atoms with E-state index in [0.717, 1.165) is 24.2 Å². The van der Waals surface area contributed by atoms with Crippen LogP contribution in [-0.2, 0) is 9.31 Å². The van der Waals surface area contributed by atoms with Crippen molar-refractivity contribution in [3.05, 3.63) is 95.6 Å². The molecule has 3 aromatic rings. The Morgan fingerprint density at radius 2 is 1.46 bits per heavy atom. The van der Waals surface area contributed by atoms with Crippen LogP contribution in [0.2, 0.25) is 0 Å². The molecule has 0 spiro atoms. The fourth-order valence-corrected chi connectivity index (χ4v) is 4.36. The minimum atomic E-state index is -0.307. The molecule has 4 nitrogen and oxygen atoms in total. The van der Waals surface area contributed by atoms with E-state index in [1.165, 1.54) is 27.8 Å². The van der Waals surface area contributed by atoms with E-state index in [2.05, 4.69) is 105 Å². The Morgan fingerprint density at radius 3 is 2.03 bits per heavy atom. The second-order valence-corrected chi connectivity index (χ2v) is 9.79. The minimum Gasteiger partial charge on any atom is -0.492 e. The van der Waals surface area contributed by atoms with Gasteiger partial charge in [-0.05, 0) is 58.9 Å². The van der Waals surface area contributed by atoms with Crippen LogP contribution in [-0.4, -0.2) is 40.5 Å². The molecule has 1 fully saturated rings. The van der Waals surface area contributed by atoms with Crippen molar-refractivity contribution in [1.82, 2.24) is 5.32 Å². The molecule has 0 atom stereocenters. The highest BCUT2D eigenvalue weighted by Crippen LogP contribution is 2.35. The van der Waals surface area contributed by atoms with Crippen LogP contribution < -0.4 is 15.5 Å². The van der Waals surface area contributed by atoms with Crippen molar-refractivity contribution in [2.45, 2.75) is 27.2 Å². The molecule has 0 unspecified atom stereocenters. The lowest BCUT2D eigenvalue weighted by atomic mass is 9.75. The molecule has 4 rings (SSSR count). The first kappa shape index (κ1) is 25.2. The van der Waals surface area contributed by atoms with Crippen molar-refractivity contribution < 1.29 is 14.0 Å². The molecule has 35 heavy (non-hydrogen) atoms. The third-order valence-electron chi connectivity index (χ3n) is 6.26. The lowest BCUT2D eigenvalue weighted by Gasteiger charge is -2.33. The minimum absolute atomic E-state index is 0.0565. The van der Waals surface area contributed by atoms with E-state index in [1.54, 1.807) is 0 Å². The molecule has 1 aliphatic heterocycles. The third-order valence-corrected chi connectivity index (χ3v) is 6.26. The summed E-state index contributed by atoms with van der Waals surface area (Å²) in [6.45, 7) is 9.40. The number of ether oxygens (including phenoxy) is 1. The maximum absolute atomic E-state index is 6.00. The van der Waals surface area contributed by atoms with E-state index < -0.39 is 0 Å². The predicted molar refractivity (Wildman–Crippen MR) is 146 cm³/mol. The van der Waals surface area contributed by atoms with Gasteiger partial charge in [0.2, 0.25) is 0 Å². The molecule has 0 bridgehead atoms. The van der Waals surface area contributed by atoms with Gasteiger partial charge in [0.15, 0.2) is 0 Å². The maximum Gasteiger partial charge on any atom is 0.493 e. The molecule has 0 aliphatic carbocycles. The van der Waals surface area contributed by atoms with Gasteiger partial charge >= 0.3 is 7.12 Å². The van der Waals surface area contributed by atoms with Crippen molar-refractivity contribution in [1.29, 1.82) is 0 Å². The Kier molecular flexibility index (Phi) is 8.45. The van der Waals surface area contributed by atoms with Crippen LogP contribution in [0.3, 0.4) is 0 Å². The maximum atomic E-state index is 6.00. The topological polar surface area (TPSA) is 39.7 Å². The lowest BCUT2D eigenvalue weighted by Crippen LogP contribution is -2.47. The number of hydrogen-bond donors (Lipinski definition) is 1. The number of allylic oxidation sites excluding steroid dienone is 1. The van der Waals surface area contributed by atoms with E-state index in [1.807, 2.05) is 7.05 Å². The summed E-state index contributed by atoms with van der Waals surface area (Å²) in [6.07, 6.45) is 0.922. The normalized spacial score (nSPS) is 16.1. The predicted octanol–water partition coefficient (Wildman–Crippen LogP) is 5.42. The first-order chi connectivity index (χ1) is 17.0. The zero-order valence-corrected chi connectivity index (χ0v) is 21.3. The molecular weight excluding hydrogens is 433 g/mol. The van der Waals surface area contributed by atoms with Crippen LogP contribution >= 0.6 is 0 Å². The number of likely N-dealkylation sites (N-methyl/N-ethyl adjacent to an activating group) is 1. The van der Waals surface area contributed by atoms with Crippen molar-refractivity contribution in [2.24, 2.45) is 5.41 Å². The van der Waals surface area contributed by atoms with Gasteiger partial charge in [-0.25, -0.2) is 0 Å². The van der Waals surface area contributed by atoms with E-state index in [-0.39, 0.29) is 12.5 Å². The van der Waals surface area contributed by atoms with E-state index in [9.17, 15) is 0 Å². The zero-order valence-electron chi connectivity index (χ0n) is 21.3. The fraction of sp³-hybridized carbons (Fsp3) is 0.333. The fourth-order valence-electron chi connectivity index (χ4n) is 4.36. The molecule has 1 N–H and O–H groups in total. The van der Waals surface area contributed by atoms with Gasteiger partial charge in [0.1, 0.15) is 12.4 Å². The van der Waals surface area contributed by atoms with Crippen LogP contribution in [0.15, 0.2) is 78.9 Å². The summed E-state index contributed by atoms with van der Waals surface area (Å²) < 4.78 is 17.9. The molecule has 5 heteroatoms. The standard InChI is InChI=1S/C30H36BNO3/c1-5-28(23-9-7-6-8-10-23)29(25-13-17-27(18-14-25)33-20-19-32-4)24-11-15-26(16-12-24)31-34-21-30(2,3)22-35-31/h6-18,32H,5,19-22H2,1-4H3/b29-28-. The van der Waals surface area contributed by atoms with Gasteiger partial charge in [0.25, 0.3) is 0 Å². The molecule has 1 heterocycles. The van der Waals surface area contributed by atoms with Crippen molar-refractivity contribution >= 4 is 23.7 Å². The number of hydrogen-bond acceptors (Lipinski definition) is 4. The van der Waals surface area contributed by atoms with E-state index in [4.69, 9.17) is 14.0 Å². The average molecular weight is 469 g/mol. The van der Waals surface area contributed by atoms with Gasteiger partial charge < -0.3 is 19.4 Å². The smallest absolute Gasteiger partial charge is 0.492 e. The Labute approximate surface area is 210 Å². The van der Waals surface area contributed by atoms with E-state index in [0.29, 0.717) is 19.8 Å². The molecule has 0 radical (unpaired) electrons. The Bertz CT molecular complexity index is 1100. The average Bonchev–Trinajstić information content (AvgIpc) is 2.89. The summed E-state index contributed by atoms with van der Waals surface area (Å²) in [5.74, 6) is 0.881. The van der Waals surface area contributed by atoms with Crippen molar-refractivity contribution in [3.8, 4) is 5.75 Å². The molecule has 1 saturated heterocycles. The summed E-state index contributed by atoms with van der Waals surface area (Å²) in [5, 5.41) is 3.11. The third kappa shape index (κ3) is 6.43. The highest BCUT2D eigenvalue weighted by Gasteiger charge is 2.33. The molecule has 0 aromatic heterocycles. The van der Waals surface area contributed by atoms with Gasteiger partial charge in [-0.2, -0.15) is 0 Å². The SMILES string of the molecule is CC/C(=C(/c1ccc(OCCNC)cc1)c1ccc(B2OCC(C)(C)CO2)cc1)c1ccccc1. The van der Waals surface area contributed by atoms with Crippen LogP contribution in [0, 0.1) is 5.41 Å². The number of rotatable bonds is 9. The lowest BCUT2D eigenvalue weighted by molar-refractivity contribution is 0.0343. The molecule has 182 valence electrons. The van der Waals surface area contributed by atoms with Crippen molar-refractivity contribution in [3.63, 3.8) is 0 Å². The second-order valence-electron chi connectivity index (χ2n) is 9.79. The highest BCUT2D eigenvalue weighted by molar-refractivity contribution is 6.61. The highest BCUT2D eigenvalue weighted by atomic mass is 16.6. The van der Waals surface area contributed by atoms with Gasteiger partial charge in [-0.15, -0.1) is 0 Å². The summed E-state index contributed by atoms with van der Waals surface area (Å²) >= 11 is 0. The molecule has 0 saturated carbocycles. The molecule has 0 amide bonds. The number of nitrogens with one attached hydrogen (secondary N) is 1. The largest absolute Gasteiger partial charge is 0.493 e. The van der Waals surface area contributed by atoms with Gasteiger partial charge in [0, 0.05) is 25.2 Å². The van der Waals surface area contributed by atoms with Crippen LogP contribution in [0.4, 0.5) is 0 Å². The Hall–Kier alpha value is -2.86. The Balaban J connectivity index is 1.68. The van der Waals surface area contributed by atoms with Crippen LogP contribution in [0.5, 0.6) is 5.75 Å². The van der Waals surface area contributed by atoms with Gasteiger partial charge in [-0.1, -0.05) is 87.5 Å². The van der Waals surface area contributed by atoms with Gasteiger partial charge in [0.05, 0.1) is 0 Å². The summed E-state index contributed by atoms with van der Waals surface area (Å²) in [4.78, 5) is 0. The summed E-state index contributed by atoms with van der Waals surface area (Å²) in [7, 11) is 1.62. The monoisotopic (exact) mass is 469 g/mol. The van der Waals surface area contributed by atoms with Gasteiger partial charge in [-0.3, -0.25) is 0 Å². The summed E-state index contributed by atoms with van der Waals surface area (Å²) in [5.41, 5.74) is 7.24. The first-order valence-electron chi connectivity index (χ1n) is 12.5. The second kappa shape index (κ2) is 11.7. The Morgan fingerprint density at radius 1 is 0.857 bits per heavy atom. The van der Waals surface area contributed by atoms with Crippen LogP contribution in [0.25, 0.3) is 11.1 Å². The van der Waals surface area contributed by atoms with Crippen LogP contribution in [0.1, 0.15) is 43.9 Å². The quantitative estimate of drug-likeness (QED) is 0.258. The first-order valence-corrected chi connectivity index (χ1v) is 12.5. The molecule has 1 aliphatic rings. The van der Waals surface area contributed by atoms with E-state index >= 15 is 0 Å².